The average Bonchev–Trinajstić information content (AvgIpc) is 2.28. The summed E-state index contributed by atoms with van der Waals surface area (Å²) in [5.41, 5.74) is 6.54. The maximum absolute atomic E-state index is 8.94. The molecular weight excluding hydrogens is 194 g/mol. The van der Waals surface area contributed by atoms with Crippen LogP contribution in [0.15, 0.2) is 18.2 Å². The van der Waals surface area contributed by atoms with Gasteiger partial charge in [0.25, 0.3) is 0 Å². The van der Waals surface area contributed by atoms with Gasteiger partial charge in [0.15, 0.2) is 11.5 Å². The molecule has 0 spiro atoms. The fourth-order valence-corrected chi connectivity index (χ4v) is 1.30. The Morgan fingerprint density at radius 3 is 2.67 bits per heavy atom. The molecule has 1 unspecified atom stereocenters. The predicted molar refractivity (Wildman–Crippen MR) is 58.2 cm³/mol. The van der Waals surface area contributed by atoms with Crippen LogP contribution in [0, 0.1) is 0 Å². The summed E-state index contributed by atoms with van der Waals surface area (Å²) >= 11 is 0. The highest BCUT2D eigenvalue weighted by Crippen LogP contribution is 2.29. The number of benzene rings is 1. The number of methoxy groups -OCH3 is 1. The number of rotatable bonds is 5. The van der Waals surface area contributed by atoms with Crippen LogP contribution in [0.1, 0.15) is 18.5 Å². The zero-order valence-electron chi connectivity index (χ0n) is 9.06. The van der Waals surface area contributed by atoms with E-state index in [1.54, 1.807) is 19.2 Å². The van der Waals surface area contributed by atoms with Crippen molar-refractivity contribution in [3.63, 3.8) is 0 Å². The molecule has 0 bridgehead atoms. The van der Waals surface area contributed by atoms with Gasteiger partial charge in [-0.3, -0.25) is 0 Å². The zero-order valence-corrected chi connectivity index (χ0v) is 9.06. The number of aliphatic hydroxyl groups excluding tert-OH is 1. The van der Waals surface area contributed by atoms with Crippen molar-refractivity contribution in [1.82, 2.24) is 0 Å². The third-order valence-corrected chi connectivity index (χ3v) is 2.11. The molecule has 3 N–H and O–H groups in total. The molecule has 0 saturated heterocycles. The summed E-state index contributed by atoms with van der Waals surface area (Å²) in [5, 5.41) is 8.94. The van der Waals surface area contributed by atoms with Gasteiger partial charge in [-0.2, -0.15) is 0 Å². The first kappa shape index (κ1) is 11.8. The molecule has 0 amide bonds. The quantitative estimate of drug-likeness (QED) is 0.765. The standard InChI is InChI=1S/C11H17NO3/c1-3-15-11-6-8(9(12)7-13)4-5-10(11)14-2/h4-6,9,13H,3,7,12H2,1-2H3. The van der Waals surface area contributed by atoms with Crippen LogP contribution in [0.5, 0.6) is 11.5 Å². The largest absolute Gasteiger partial charge is 0.493 e. The van der Waals surface area contributed by atoms with E-state index < -0.39 is 0 Å². The van der Waals surface area contributed by atoms with E-state index in [2.05, 4.69) is 0 Å². The molecule has 0 aliphatic rings. The van der Waals surface area contributed by atoms with Crippen molar-refractivity contribution in [2.75, 3.05) is 20.3 Å². The fourth-order valence-electron chi connectivity index (χ4n) is 1.30. The topological polar surface area (TPSA) is 64.7 Å². The van der Waals surface area contributed by atoms with E-state index in [9.17, 15) is 0 Å². The van der Waals surface area contributed by atoms with Gasteiger partial charge in [-0.15, -0.1) is 0 Å². The van der Waals surface area contributed by atoms with Crippen molar-refractivity contribution in [3.8, 4) is 11.5 Å². The molecule has 0 fully saturated rings. The minimum Gasteiger partial charge on any atom is -0.493 e. The van der Waals surface area contributed by atoms with Crippen LogP contribution in [0.3, 0.4) is 0 Å². The Balaban J connectivity index is 2.98. The molecule has 0 aromatic heterocycles. The fraction of sp³-hybridized carbons (Fsp3) is 0.455. The average molecular weight is 211 g/mol. The lowest BCUT2D eigenvalue weighted by Crippen LogP contribution is -2.14. The second-order valence-corrected chi connectivity index (χ2v) is 3.13. The Bertz CT molecular complexity index is 315. The summed E-state index contributed by atoms with van der Waals surface area (Å²) in [6.45, 7) is 2.38. The molecule has 1 aromatic carbocycles. The third-order valence-electron chi connectivity index (χ3n) is 2.11. The van der Waals surface area contributed by atoms with Crippen molar-refractivity contribution in [2.45, 2.75) is 13.0 Å². The van der Waals surface area contributed by atoms with E-state index in [4.69, 9.17) is 20.3 Å². The number of hydrogen-bond donors (Lipinski definition) is 2. The Morgan fingerprint density at radius 1 is 1.40 bits per heavy atom. The summed E-state index contributed by atoms with van der Waals surface area (Å²) in [5.74, 6) is 1.33. The highest BCUT2D eigenvalue weighted by molar-refractivity contribution is 5.43. The van der Waals surface area contributed by atoms with E-state index in [0.29, 0.717) is 18.1 Å². The van der Waals surface area contributed by atoms with E-state index in [0.717, 1.165) is 5.56 Å². The molecule has 0 aliphatic carbocycles. The lowest BCUT2D eigenvalue weighted by atomic mass is 10.1. The molecule has 15 heavy (non-hydrogen) atoms. The predicted octanol–water partition coefficient (Wildman–Crippen LogP) is 1.09. The first-order valence-electron chi connectivity index (χ1n) is 4.90. The van der Waals surface area contributed by atoms with E-state index in [-0.39, 0.29) is 12.6 Å². The van der Waals surface area contributed by atoms with Crippen LogP contribution in [-0.2, 0) is 0 Å². The second-order valence-electron chi connectivity index (χ2n) is 3.13. The van der Waals surface area contributed by atoms with Crippen molar-refractivity contribution < 1.29 is 14.6 Å². The number of ether oxygens (including phenoxy) is 2. The molecule has 4 nitrogen and oxygen atoms in total. The molecule has 0 radical (unpaired) electrons. The van der Waals surface area contributed by atoms with Crippen LogP contribution >= 0.6 is 0 Å². The first-order chi connectivity index (χ1) is 7.22. The molecule has 0 aliphatic heterocycles. The van der Waals surface area contributed by atoms with Gasteiger partial charge in [0.1, 0.15) is 0 Å². The van der Waals surface area contributed by atoms with Gasteiger partial charge < -0.3 is 20.3 Å². The first-order valence-corrected chi connectivity index (χ1v) is 4.90. The van der Waals surface area contributed by atoms with E-state index in [1.807, 2.05) is 13.0 Å². The number of nitrogens with two attached hydrogens (primary N) is 1. The maximum atomic E-state index is 8.94. The Kier molecular flexibility index (Phi) is 4.39. The summed E-state index contributed by atoms with van der Waals surface area (Å²) in [6, 6.07) is 5.02. The summed E-state index contributed by atoms with van der Waals surface area (Å²) in [6.07, 6.45) is 0. The van der Waals surface area contributed by atoms with Crippen molar-refractivity contribution in [1.29, 1.82) is 0 Å². The van der Waals surface area contributed by atoms with Gasteiger partial charge >= 0.3 is 0 Å². The van der Waals surface area contributed by atoms with Crippen LogP contribution < -0.4 is 15.2 Å². The molecule has 1 aromatic rings. The molecule has 1 rings (SSSR count). The van der Waals surface area contributed by atoms with Crippen molar-refractivity contribution in [3.05, 3.63) is 23.8 Å². The minimum atomic E-state index is -0.380. The van der Waals surface area contributed by atoms with Gasteiger partial charge in [0.05, 0.1) is 26.4 Å². The van der Waals surface area contributed by atoms with Gasteiger partial charge in [-0.1, -0.05) is 6.07 Å². The van der Waals surface area contributed by atoms with Crippen LogP contribution in [-0.4, -0.2) is 25.4 Å². The molecule has 4 heteroatoms. The molecule has 1 atom stereocenters. The van der Waals surface area contributed by atoms with Crippen LogP contribution in [0.2, 0.25) is 0 Å². The number of hydrogen-bond acceptors (Lipinski definition) is 4. The van der Waals surface area contributed by atoms with Gasteiger partial charge in [-0.25, -0.2) is 0 Å². The SMILES string of the molecule is CCOc1cc(C(N)CO)ccc1OC. The second kappa shape index (κ2) is 5.58. The zero-order chi connectivity index (χ0) is 11.3. The Labute approximate surface area is 89.6 Å². The smallest absolute Gasteiger partial charge is 0.161 e. The lowest BCUT2D eigenvalue weighted by Gasteiger charge is -2.13. The molecule has 0 heterocycles. The lowest BCUT2D eigenvalue weighted by molar-refractivity contribution is 0.267. The van der Waals surface area contributed by atoms with E-state index in [1.165, 1.54) is 0 Å². The van der Waals surface area contributed by atoms with Gasteiger partial charge in [0.2, 0.25) is 0 Å². The normalized spacial score (nSPS) is 12.3. The maximum Gasteiger partial charge on any atom is 0.161 e. The highest BCUT2D eigenvalue weighted by atomic mass is 16.5. The minimum absolute atomic E-state index is 0.0854. The summed E-state index contributed by atoms with van der Waals surface area (Å²) in [7, 11) is 1.59. The Morgan fingerprint density at radius 2 is 2.13 bits per heavy atom. The Hall–Kier alpha value is -1.26. The van der Waals surface area contributed by atoms with Gasteiger partial charge in [0, 0.05) is 0 Å². The molecule has 84 valence electrons. The van der Waals surface area contributed by atoms with Crippen molar-refractivity contribution >= 4 is 0 Å². The summed E-state index contributed by atoms with van der Waals surface area (Å²) in [4.78, 5) is 0. The third kappa shape index (κ3) is 2.84. The molecule has 0 saturated carbocycles. The summed E-state index contributed by atoms with van der Waals surface area (Å²) < 4.78 is 10.5. The highest BCUT2D eigenvalue weighted by Gasteiger charge is 2.09. The number of aliphatic hydroxyl groups is 1. The van der Waals surface area contributed by atoms with E-state index >= 15 is 0 Å². The molecular formula is C11H17NO3. The van der Waals surface area contributed by atoms with Crippen LogP contribution in [0.4, 0.5) is 0 Å². The monoisotopic (exact) mass is 211 g/mol. The van der Waals surface area contributed by atoms with Gasteiger partial charge in [-0.05, 0) is 24.6 Å². The van der Waals surface area contributed by atoms with Crippen molar-refractivity contribution in [2.24, 2.45) is 5.73 Å². The van der Waals surface area contributed by atoms with Crippen LogP contribution in [0.25, 0.3) is 0 Å².